The first-order chi connectivity index (χ1) is 9.28. The molecule has 0 aliphatic carbocycles. The molecular weight excluding hydrogens is 244 g/mol. The van der Waals surface area contributed by atoms with E-state index in [2.05, 4.69) is 10.6 Å². The van der Waals surface area contributed by atoms with Crippen LogP contribution in [0.15, 0.2) is 36.0 Å². The first-order valence-corrected chi connectivity index (χ1v) is 6.25. The molecule has 1 aliphatic heterocycles. The van der Waals surface area contributed by atoms with Crippen molar-refractivity contribution in [2.75, 3.05) is 25.6 Å². The number of carbonyl (C=O) groups is 1. The predicted molar refractivity (Wildman–Crippen MR) is 73.3 cm³/mol. The molecule has 1 aromatic rings. The smallest absolute Gasteiger partial charge is 0.323 e. The van der Waals surface area contributed by atoms with Crippen molar-refractivity contribution in [3.05, 3.63) is 36.0 Å². The van der Waals surface area contributed by atoms with Crippen LogP contribution in [-0.2, 0) is 4.74 Å². The van der Waals surface area contributed by atoms with Gasteiger partial charge in [-0.1, -0.05) is 6.07 Å². The van der Waals surface area contributed by atoms with Crippen molar-refractivity contribution in [3.8, 4) is 5.75 Å². The monoisotopic (exact) mass is 262 g/mol. The van der Waals surface area contributed by atoms with Gasteiger partial charge in [0, 0.05) is 18.0 Å². The van der Waals surface area contributed by atoms with E-state index in [-0.39, 0.29) is 6.03 Å². The molecule has 0 radical (unpaired) electrons. The molecule has 1 saturated heterocycles. The Morgan fingerprint density at radius 1 is 1.37 bits per heavy atom. The lowest BCUT2D eigenvalue weighted by Crippen LogP contribution is -2.25. The van der Waals surface area contributed by atoms with Gasteiger partial charge in [0.05, 0.1) is 20.3 Å². The lowest BCUT2D eigenvalue weighted by atomic mass is 10.1. The maximum absolute atomic E-state index is 11.7. The SMILES string of the molecule is COc1cccc(NC(=O)NC=C2CCOCC2)c1. The standard InChI is InChI=1S/C14H18N2O3/c1-18-13-4-2-3-12(9-13)16-14(17)15-10-11-5-7-19-8-6-11/h2-4,9-10H,5-8H2,1H3,(H2,15,16,17). The predicted octanol–water partition coefficient (Wildman–Crippen LogP) is 2.51. The van der Waals surface area contributed by atoms with Crippen LogP contribution in [-0.4, -0.2) is 26.4 Å². The highest BCUT2D eigenvalue weighted by Crippen LogP contribution is 2.16. The number of benzene rings is 1. The topological polar surface area (TPSA) is 59.6 Å². The molecule has 0 spiro atoms. The molecular formula is C14H18N2O3. The van der Waals surface area contributed by atoms with E-state index in [0.717, 1.165) is 26.1 Å². The summed E-state index contributed by atoms with van der Waals surface area (Å²) in [5.74, 6) is 0.709. The number of hydrogen-bond acceptors (Lipinski definition) is 3. The zero-order valence-corrected chi connectivity index (χ0v) is 10.9. The molecule has 0 atom stereocenters. The molecule has 0 bridgehead atoms. The summed E-state index contributed by atoms with van der Waals surface area (Å²) in [5, 5.41) is 5.48. The van der Waals surface area contributed by atoms with Gasteiger partial charge in [0.15, 0.2) is 0 Å². The third kappa shape index (κ3) is 4.30. The minimum atomic E-state index is -0.257. The zero-order chi connectivity index (χ0) is 13.5. The van der Waals surface area contributed by atoms with Crippen molar-refractivity contribution < 1.29 is 14.3 Å². The fourth-order valence-electron chi connectivity index (χ4n) is 1.81. The van der Waals surface area contributed by atoms with Crippen LogP contribution >= 0.6 is 0 Å². The van der Waals surface area contributed by atoms with Crippen molar-refractivity contribution in [1.29, 1.82) is 0 Å². The van der Waals surface area contributed by atoms with Crippen molar-refractivity contribution in [3.63, 3.8) is 0 Å². The van der Waals surface area contributed by atoms with Crippen LogP contribution < -0.4 is 15.4 Å². The Bertz CT molecular complexity index is 464. The molecule has 5 nitrogen and oxygen atoms in total. The zero-order valence-electron chi connectivity index (χ0n) is 10.9. The quantitative estimate of drug-likeness (QED) is 0.880. The minimum Gasteiger partial charge on any atom is -0.497 e. The van der Waals surface area contributed by atoms with E-state index in [0.29, 0.717) is 11.4 Å². The molecule has 1 heterocycles. The average Bonchev–Trinajstić information content (AvgIpc) is 2.46. The third-order valence-corrected chi connectivity index (χ3v) is 2.87. The van der Waals surface area contributed by atoms with Crippen LogP contribution in [0.1, 0.15) is 12.8 Å². The normalized spacial score (nSPS) is 14.7. The number of methoxy groups -OCH3 is 1. The Labute approximate surface area is 112 Å². The van der Waals surface area contributed by atoms with Crippen molar-refractivity contribution >= 4 is 11.7 Å². The fraction of sp³-hybridized carbons (Fsp3) is 0.357. The Morgan fingerprint density at radius 2 is 2.16 bits per heavy atom. The van der Waals surface area contributed by atoms with Gasteiger partial charge in [0.25, 0.3) is 0 Å². The van der Waals surface area contributed by atoms with Crippen molar-refractivity contribution in [1.82, 2.24) is 5.32 Å². The molecule has 5 heteroatoms. The molecule has 1 aliphatic rings. The van der Waals surface area contributed by atoms with Crippen LogP contribution in [0.25, 0.3) is 0 Å². The Balaban J connectivity index is 1.86. The van der Waals surface area contributed by atoms with Crippen molar-refractivity contribution in [2.24, 2.45) is 0 Å². The Morgan fingerprint density at radius 3 is 2.89 bits per heavy atom. The van der Waals surface area contributed by atoms with Gasteiger partial charge in [0.1, 0.15) is 5.75 Å². The molecule has 1 aromatic carbocycles. The number of nitrogens with one attached hydrogen (secondary N) is 2. The largest absolute Gasteiger partial charge is 0.497 e. The summed E-state index contributed by atoms with van der Waals surface area (Å²) in [6, 6.07) is 6.97. The highest BCUT2D eigenvalue weighted by Gasteiger charge is 2.06. The van der Waals surface area contributed by atoms with E-state index in [1.54, 1.807) is 19.4 Å². The maximum Gasteiger partial charge on any atom is 0.323 e. The van der Waals surface area contributed by atoms with Gasteiger partial charge in [-0.3, -0.25) is 0 Å². The second kappa shape index (κ2) is 6.80. The molecule has 0 saturated carbocycles. The highest BCUT2D eigenvalue weighted by atomic mass is 16.5. The number of amides is 2. The lowest BCUT2D eigenvalue weighted by Gasteiger charge is -2.14. The van der Waals surface area contributed by atoms with Gasteiger partial charge in [-0.2, -0.15) is 0 Å². The first-order valence-electron chi connectivity index (χ1n) is 6.25. The maximum atomic E-state index is 11.7. The number of hydrogen-bond donors (Lipinski definition) is 2. The molecule has 2 amide bonds. The van der Waals surface area contributed by atoms with E-state index in [4.69, 9.17) is 9.47 Å². The van der Waals surface area contributed by atoms with Crippen LogP contribution in [0.4, 0.5) is 10.5 Å². The Hall–Kier alpha value is -2.01. The number of anilines is 1. The summed E-state index contributed by atoms with van der Waals surface area (Å²) in [7, 11) is 1.59. The third-order valence-electron chi connectivity index (χ3n) is 2.87. The molecule has 102 valence electrons. The number of ether oxygens (including phenoxy) is 2. The van der Waals surface area contributed by atoms with Crippen LogP contribution in [0.2, 0.25) is 0 Å². The summed E-state index contributed by atoms with van der Waals surface area (Å²) in [6.45, 7) is 1.45. The Kier molecular flexibility index (Phi) is 4.80. The second-order valence-electron chi connectivity index (χ2n) is 4.25. The van der Waals surface area contributed by atoms with Gasteiger partial charge in [-0.15, -0.1) is 0 Å². The molecule has 19 heavy (non-hydrogen) atoms. The molecule has 1 fully saturated rings. The van der Waals surface area contributed by atoms with E-state index in [1.807, 2.05) is 18.2 Å². The number of urea groups is 1. The lowest BCUT2D eigenvalue weighted by molar-refractivity contribution is 0.119. The van der Waals surface area contributed by atoms with Crippen LogP contribution in [0, 0.1) is 0 Å². The second-order valence-corrected chi connectivity index (χ2v) is 4.25. The van der Waals surface area contributed by atoms with E-state index >= 15 is 0 Å². The summed E-state index contributed by atoms with van der Waals surface area (Å²) in [5.41, 5.74) is 1.90. The van der Waals surface area contributed by atoms with Crippen molar-refractivity contribution in [2.45, 2.75) is 12.8 Å². The van der Waals surface area contributed by atoms with Gasteiger partial charge in [-0.25, -0.2) is 4.79 Å². The molecule has 0 unspecified atom stereocenters. The number of rotatable bonds is 3. The van der Waals surface area contributed by atoms with Gasteiger partial charge in [0.2, 0.25) is 0 Å². The summed E-state index contributed by atoms with van der Waals surface area (Å²) < 4.78 is 10.3. The first kappa shape index (κ1) is 13.4. The van der Waals surface area contributed by atoms with Gasteiger partial charge in [-0.05, 0) is 30.5 Å². The van der Waals surface area contributed by atoms with E-state index in [1.165, 1.54) is 5.57 Å². The molecule has 0 aromatic heterocycles. The summed E-state index contributed by atoms with van der Waals surface area (Å²) in [6.07, 6.45) is 3.51. The van der Waals surface area contributed by atoms with Gasteiger partial charge >= 0.3 is 6.03 Å². The summed E-state index contributed by atoms with van der Waals surface area (Å²) in [4.78, 5) is 11.7. The minimum absolute atomic E-state index is 0.257. The number of carbonyl (C=O) groups excluding carboxylic acids is 1. The fourth-order valence-corrected chi connectivity index (χ4v) is 1.81. The molecule has 2 rings (SSSR count). The van der Waals surface area contributed by atoms with E-state index < -0.39 is 0 Å². The molecule has 2 N–H and O–H groups in total. The average molecular weight is 262 g/mol. The van der Waals surface area contributed by atoms with E-state index in [9.17, 15) is 4.79 Å². The summed E-state index contributed by atoms with van der Waals surface area (Å²) >= 11 is 0. The highest BCUT2D eigenvalue weighted by molar-refractivity contribution is 5.90. The van der Waals surface area contributed by atoms with Gasteiger partial charge < -0.3 is 20.1 Å². The van der Waals surface area contributed by atoms with Crippen LogP contribution in [0.5, 0.6) is 5.75 Å². The van der Waals surface area contributed by atoms with Crippen LogP contribution in [0.3, 0.4) is 0 Å².